The minimum absolute atomic E-state index is 0.281. The third-order valence-electron chi connectivity index (χ3n) is 3.32. The number of nitrogens with one attached hydrogen (secondary N) is 1. The van der Waals surface area contributed by atoms with Gasteiger partial charge in [-0.15, -0.1) is 0 Å². The standard InChI is InChI=1S/C17H13FN2O/c1-11-6-7-12(10-15(11)18)20-17(21)14-8-9-19-16-5-3-2-4-13(14)16/h2-10H,1H3,(H,20,21). The number of benzene rings is 2. The number of halogens is 1. The maximum atomic E-state index is 13.5. The van der Waals surface area contributed by atoms with Crippen molar-refractivity contribution >= 4 is 22.5 Å². The van der Waals surface area contributed by atoms with E-state index in [1.807, 2.05) is 24.3 Å². The molecular formula is C17H13FN2O. The number of carbonyl (C=O) groups excluding carboxylic acids is 1. The number of nitrogens with zero attached hydrogens (tertiary/aromatic N) is 1. The van der Waals surface area contributed by atoms with Gasteiger partial charge in [-0.25, -0.2) is 4.39 Å². The van der Waals surface area contributed by atoms with Crippen LogP contribution in [0.1, 0.15) is 15.9 Å². The van der Waals surface area contributed by atoms with E-state index in [-0.39, 0.29) is 11.7 Å². The average molecular weight is 280 g/mol. The van der Waals surface area contributed by atoms with Crippen molar-refractivity contribution in [1.29, 1.82) is 0 Å². The average Bonchev–Trinajstić information content (AvgIpc) is 2.50. The first-order valence-electron chi connectivity index (χ1n) is 6.56. The quantitative estimate of drug-likeness (QED) is 0.772. The Balaban J connectivity index is 1.95. The van der Waals surface area contributed by atoms with Crippen LogP contribution in [0.2, 0.25) is 0 Å². The Morgan fingerprint density at radius 2 is 1.95 bits per heavy atom. The second-order valence-corrected chi connectivity index (χ2v) is 4.79. The van der Waals surface area contributed by atoms with Gasteiger partial charge in [-0.2, -0.15) is 0 Å². The molecule has 0 unspecified atom stereocenters. The van der Waals surface area contributed by atoms with Crippen LogP contribution in [0.15, 0.2) is 54.7 Å². The monoisotopic (exact) mass is 280 g/mol. The number of fused-ring (bicyclic) bond motifs is 1. The molecule has 3 nitrogen and oxygen atoms in total. The lowest BCUT2D eigenvalue weighted by Crippen LogP contribution is -2.12. The molecule has 3 aromatic rings. The summed E-state index contributed by atoms with van der Waals surface area (Å²) in [5.41, 5.74) is 2.24. The third-order valence-corrected chi connectivity index (χ3v) is 3.32. The Hall–Kier alpha value is -2.75. The van der Waals surface area contributed by atoms with Crippen LogP contribution in [0.25, 0.3) is 10.9 Å². The van der Waals surface area contributed by atoms with Crippen molar-refractivity contribution in [2.45, 2.75) is 6.92 Å². The molecule has 0 spiro atoms. The Morgan fingerprint density at radius 1 is 1.14 bits per heavy atom. The number of hydrogen-bond donors (Lipinski definition) is 1. The predicted molar refractivity (Wildman–Crippen MR) is 80.8 cm³/mol. The molecule has 2 aromatic carbocycles. The van der Waals surface area contributed by atoms with Crippen LogP contribution >= 0.6 is 0 Å². The van der Waals surface area contributed by atoms with Crippen molar-refractivity contribution < 1.29 is 9.18 Å². The molecule has 0 bridgehead atoms. The van der Waals surface area contributed by atoms with Gasteiger partial charge in [-0.3, -0.25) is 9.78 Å². The molecule has 1 heterocycles. The van der Waals surface area contributed by atoms with Crippen LogP contribution < -0.4 is 5.32 Å². The molecule has 0 atom stereocenters. The van der Waals surface area contributed by atoms with Gasteiger partial charge < -0.3 is 5.32 Å². The molecule has 0 radical (unpaired) electrons. The minimum Gasteiger partial charge on any atom is -0.322 e. The van der Waals surface area contributed by atoms with Crippen LogP contribution in [0.3, 0.4) is 0 Å². The number of anilines is 1. The van der Waals surface area contributed by atoms with E-state index in [2.05, 4.69) is 10.3 Å². The molecule has 1 N–H and O–H groups in total. The molecule has 0 fully saturated rings. The highest BCUT2D eigenvalue weighted by Crippen LogP contribution is 2.19. The minimum atomic E-state index is -0.340. The molecule has 3 rings (SSSR count). The van der Waals surface area contributed by atoms with Gasteiger partial charge in [-0.05, 0) is 36.8 Å². The van der Waals surface area contributed by atoms with Gasteiger partial charge in [0.1, 0.15) is 5.82 Å². The van der Waals surface area contributed by atoms with E-state index >= 15 is 0 Å². The molecule has 0 saturated heterocycles. The molecular weight excluding hydrogens is 267 g/mol. The summed E-state index contributed by atoms with van der Waals surface area (Å²) in [5.74, 6) is -0.621. The Morgan fingerprint density at radius 3 is 2.76 bits per heavy atom. The number of para-hydroxylation sites is 1. The van der Waals surface area contributed by atoms with Gasteiger partial charge in [-0.1, -0.05) is 24.3 Å². The summed E-state index contributed by atoms with van der Waals surface area (Å²) in [4.78, 5) is 16.6. The van der Waals surface area contributed by atoms with Gasteiger partial charge in [0.2, 0.25) is 0 Å². The fourth-order valence-electron chi connectivity index (χ4n) is 2.16. The largest absolute Gasteiger partial charge is 0.322 e. The number of aryl methyl sites for hydroxylation is 1. The normalized spacial score (nSPS) is 10.6. The Bertz CT molecular complexity index is 825. The first-order chi connectivity index (χ1) is 10.1. The SMILES string of the molecule is Cc1ccc(NC(=O)c2ccnc3ccccc23)cc1F. The van der Waals surface area contributed by atoms with Crippen molar-refractivity contribution in [2.24, 2.45) is 0 Å². The van der Waals surface area contributed by atoms with E-state index < -0.39 is 0 Å². The molecule has 0 aliphatic carbocycles. The van der Waals surface area contributed by atoms with Crippen molar-refractivity contribution in [3.63, 3.8) is 0 Å². The van der Waals surface area contributed by atoms with Crippen molar-refractivity contribution in [2.75, 3.05) is 5.32 Å². The number of pyridine rings is 1. The lowest BCUT2D eigenvalue weighted by molar-refractivity contribution is 0.102. The topological polar surface area (TPSA) is 42.0 Å². The summed E-state index contributed by atoms with van der Waals surface area (Å²) in [5, 5.41) is 3.48. The lowest BCUT2D eigenvalue weighted by Gasteiger charge is -2.08. The van der Waals surface area contributed by atoms with E-state index in [9.17, 15) is 9.18 Å². The van der Waals surface area contributed by atoms with Gasteiger partial charge >= 0.3 is 0 Å². The molecule has 1 amide bonds. The molecule has 0 aliphatic heterocycles. The van der Waals surface area contributed by atoms with Crippen molar-refractivity contribution in [3.8, 4) is 0 Å². The lowest BCUT2D eigenvalue weighted by atomic mass is 10.1. The number of carbonyl (C=O) groups is 1. The molecule has 0 aliphatic rings. The van der Waals surface area contributed by atoms with E-state index in [1.54, 1.807) is 31.3 Å². The van der Waals surface area contributed by atoms with E-state index in [0.29, 0.717) is 16.8 Å². The van der Waals surface area contributed by atoms with E-state index in [4.69, 9.17) is 0 Å². The predicted octanol–water partition coefficient (Wildman–Crippen LogP) is 3.93. The molecule has 4 heteroatoms. The first kappa shape index (κ1) is 13.2. The zero-order valence-corrected chi connectivity index (χ0v) is 11.4. The fourth-order valence-corrected chi connectivity index (χ4v) is 2.16. The zero-order chi connectivity index (χ0) is 14.8. The number of hydrogen-bond acceptors (Lipinski definition) is 2. The van der Waals surface area contributed by atoms with Gasteiger partial charge in [0.05, 0.1) is 11.1 Å². The molecule has 0 saturated carbocycles. The third kappa shape index (κ3) is 2.60. The van der Waals surface area contributed by atoms with Crippen molar-refractivity contribution in [3.05, 3.63) is 71.7 Å². The summed E-state index contributed by atoms with van der Waals surface area (Å²) in [7, 11) is 0. The van der Waals surface area contributed by atoms with Crippen LogP contribution in [0.5, 0.6) is 0 Å². The smallest absolute Gasteiger partial charge is 0.256 e. The van der Waals surface area contributed by atoms with Gasteiger partial charge in [0.25, 0.3) is 5.91 Å². The maximum Gasteiger partial charge on any atom is 0.256 e. The maximum absolute atomic E-state index is 13.5. The second-order valence-electron chi connectivity index (χ2n) is 4.79. The summed E-state index contributed by atoms with van der Waals surface area (Å²) in [6.45, 7) is 1.68. The summed E-state index contributed by atoms with van der Waals surface area (Å²) in [6, 6.07) is 13.7. The highest BCUT2D eigenvalue weighted by molar-refractivity contribution is 6.12. The molecule has 21 heavy (non-hydrogen) atoms. The van der Waals surface area contributed by atoms with E-state index in [1.165, 1.54) is 6.07 Å². The summed E-state index contributed by atoms with van der Waals surface area (Å²) in [6.07, 6.45) is 1.59. The van der Waals surface area contributed by atoms with Crippen molar-refractivity contribution in [1.82, 2.24) is 4.98 Å². The number of aromatic nitrogens is 1. The number of amides is 1. The fraction of sp³-hybridized carbons (Fsp3) is 0.0588. The molecule has 1 aromatic heterocycles. The Kier molecular flexibility index (Phi) is 3.36. The van der Waals surface area contributed by atoms with Crippen LogP contribution in [0.4, 0.5) is 10.1 Å². The van der Waals surface area contributed by atoms with Gasteiger partial charge in [0, 0.05) is 17.3 Å². The second kappa shape index (κ2) is 5.32. The summed E-state index contributed by atoms with van der Waals surface area (Å²) < 4.78 is 13.5. The van der Waals surface area contributed by atoms with Crippen LogP contribution in [-0.2, 0) is 0 Å². The number of rotatable bonds is 2. The highest BCUT2D eigenvalue weighted by Gasteiger charge is 2.11. The summed E-state index contributed by atoms with van der Waals surface area (Å²) >= 11 is 0. The first-order valence-corrected chi connectivity index (χ1v) is 6.56. The zero-order valence-electron chi connectivity index (χ0n) is 11.4. The van der Waals surface area contributed by atoms with Gasteiger partial charge in [0.15, 0.2) is 0 Å². The molecule has 104 valence electrons. The van der Waals surface area contributed by atoms with E-state index in [0.717, 1.165) is 10.9 Å². The highest BCUT2D eigenvalue weighted by atomic mass is 19.1. The van der Waals surface area contributed by atoms with Crippen LogP contribution in [-0.4, -0.2) is 10.9 Å². The van der Waals surface area contributed by atoms with Crippen LogP contribution in [0, 0.1) is 12.7 Å². The Labute approximate surface area is 121 Å².